The molecule has 1 N–H and O–H groups in total. The number of aromatic nitrogens is 1. The number of ketones is 1. The van der Waals surface area contributed by atoms with Gasteiger partial charge in [-0.1, -0.05) is 6.07 Å². The molecule has 4 rings (SSSR count). The Bertz CT molecular complexity index is 1190. The van der Waals surface area contributed by atoms with Crippen LogP contribution in [0.2, 0.25) is 0 Å². The summed E-state index contributed by atoms with van der Waals surface area (Å²) < 4.78 is 17.2. The molecule has 1 aromatic heterocycles. The monoisotopic (exact) mass is 395 g/mol. The lowest BCUT2D eigenvalue weighted by Gasteiger charge is -2.18. The number of thiazole rings is 1. The Balaban J connectivity index is 1.64. The smallest absolute Gasteiger partial charge is 0.266 e. The van der Waals surface area contributed by atoms with E-state index < -0.39 is 0 Å². The van der Waals surface area contributed by atoms with Crippen molar-refractivity contribution in [2.45, 2.75) is 0 Å². The number of aromatic amines is 1. The quantitative estimate of drug-likeness (QED) is 0.681. The van der Waals surface area contributed by atoms with Gasteiger partial charge in [-0.3, -0.25) is 9.59 Å². The van der Waals surface area contributed by atoms with Crippen molar-refractivity contribution >= 4 is 29.3 Å². The van der Waals surface area contributed by atoms with Gasteiger partial charge in [-0.05, 0) is 48.0 Å². The highest BCUT2D eigenvalue weighted by molar-refractivity contribution is 7.07. The molecule has 0 bridgehead atoms. The van der Waals surface area contributed by atoms with Gasteiger partial charge in [-0.2, -0.15) is 0 Å². The molecule has 0 saturated heterocycles. The SMILES string of the molecule is COc1ccc(C(=O)/C=c2\[nH]c(=O)/c(=C\c3ccc4c(c3)OCCO4)s2)cc1. The van der Waals surface area contributed by atoms with Crippen LogP contribution in [0.15, 0.2) is 47.3 Å². The molecule has 2 heterocycles. The van der Waals surface area contributed by atoms with Gasteiger partial charge < -0.3 is 19.2 Å². The van der Waals surface area contributed by atoms with Crippen LogP contribution < -0.4 is 29.0 Å². The number of carbonyl (C=O) groups is 1. The first-order chi connectivity index (χ1) is 13.6. The summed E-state index contributed by atoms with van der Waals surface area (Å²) in [6.45, 7) is 1.03. The number of fused-ring (bicyclic) bond motifs is 1. The van der Waals surface area contributed by atoms with Crippen molar-refractivity contribution in [1.29, 1.82) is 0 Å². The first-order valence-electron chi connectivity index (χ1n) is 8.63. The Hall–Kier alpha value is -3.32. The molecule has 0 aliphatic carbocycles. The van der Waals surface area contributed by atoms with Crippen LogP contribution in [0.1, 0.15) is 15.9 Å². The molecule has 142 valence electrons. The number of nitrogens with one attached hydrogen (secondary N) is 1. The Morgan fingerprint density at radius 2 is 1.86 bits per heavy atom. The molecule has 0 saturated carbocycles. The summed E-state index contributed by atoms with van der Waals surface area (Å²) in [6.07, 6.45) is 3.19. The van der Waals surface area contributed by atoms with Gasteiger partial charge in [0.05, 0.1) is 16.3 Å². The Morgan fingerprint density at radius 1 is 1.11 bits per heavy atom. The molecule has 0 radical (unpaired) electrons. The predicted molar refractivity (Wildman–Crippen MR) is 107 cm³/mol. The highest BCUT2D eigenvalue weighted by atomic mass is 32.1. The van der Waals surface area contributed by atoms with Gasteiger partial charge in [-0.15, -0.1) is 11.3 Å². The van der Waals surface area contributed by atoms with Gasteiger partial charge in [0.2, 0.25) is 0 Å². The van der Waals surface area contributed by atoms with E-state index in [1.54, 1.807) is 37.5 Å². The van der Waals surface area contributed by atoms with Crippen molar-refractivity contribution in [1.82, 2.24) is 4.98 Å². The maximum Gasteiger partial charge on any atom is 0.266 e. The summed E-state index contributed by atoms with van der Waals surface area (Å²) in [4.78, 5) is 27.4. The van der Waals surface area contributed by atoms with Crippen LogP contribution in [0.5, 0.6) is 17.2 Å². The second-order valence-corrected chi connectivity index (χ2v) is 7.15. The molecule has 0 unspecified atom stereocenters. The van der Waals surface area contributed by atoms with E-state index >= 15 is 0 Å². The highest BCUT2D eigenvalue weighted by Gasteiger charge is 2.11. The van der Waals surface area contributed by atoms with Gasteiger partial charge in [0.1, 0.15) is 19.0 Å². The normalized spacial score (nSPS) is 14.2. The molecular weight excluding hydrogens is 378 g/mol. The van der Waals surface area contributed by atoms with E-state index in [9.17, 15) is 9.59 Å². The zero-order valence-electron chi connectivity index (χ0n) is 15.1. The van der Waals surface area contributed by atoms with Crippen LogP contribution in [0.4, 0.5) is 0 Å². The van der Waals surface area contributed by atoms with Crippen LogP contribution in [0.25, 0.3) is 12.2 Å². The fraction of sp³-hybridized carbons (Fsp3) is 0.143. The Labute approximate surface area is 164 Å². The lowest BCUT2D eigenvalue weighted by atomic mass is 10.1. The molecule has 6 nitrogen and oxygen atoms in total. The van der Waals surface area contributed by atoms with Gasteiger partial charge in [-0.25, -0.2) is 0 Å². The molecule has 0 atom stereocenters. The van der Waals surface area contributed by atoms with E-state index in [2.05, 4.69) is 4.98 Å². The minimum atomic E-state index is -0.242. The van der Waals surface area contributed by atoms with Crippen LogP contribution >= 0.6 is 11.3 Å². The lowest BCUT2D eigenvalue weighted by molar-refractivity contribution is 0.106. The van der Waals surface area contributed by atoms with Crippen LogP contribution in [-0.4, -0.2) is 31.1 Å². The standard InChI is InChI=1S/C21H17NO5S/c1-25-15-5-3-14(4-6-15)16(23)12-20-22-21(24)19(28-20)11-13-2-7-17-18(10-13)27-9-8-26-17/h2-7,10-12H,8-9H2,1H3,(H,22,24)/b19-11+,20-12+. The summed E-state index contributed by atoms with van der Waals surface area (Å²) in [6, 6.07) is 12.3. The third-order valence-electron chi connectivity index (χ3n) is 4.18. The van der Waals surface area contributed by atoms with E-state index in [1.165, 1.54) is 17.4 Å². The van der Waals surface area contributed by atoms with Crippen molar-refractivity contribution in [3.63, 3.8) is 0 Å². The van der Waals surface area contributed by atoms with E-state index in [4.69, 9.17) is 14.2 Å². The van der Waals surface area contributed by atoms with Crippen LogP contribution in [0.3, 0.4) is 0 Å². The summed E-state index contributed by atoms with van der Waals surface area (Å²) in [5.74, 6) is 1.85. The van der Waals surface area contributed by atoms with Crippen molar-refractivity contribution in [3.05, 3.63) is 73.1 Å². The minimum absolute atomic E-state index is 0.189. The number of benzene rings is 2. The maximum absolute atomic E-state index is 12.4. The second kappa shape index (κ2) is 7.74. The average Bonchev–Trinajstić information content (AvgIpc) is 3.06. The largest absolute Gasteiger partial charge is 0.497 e. The number of ether oxygens (including phenoxy) is 3. The maximum atomic E-state index is 12.4. The number of hydrogen-bond donors (Lipinski definition) is 1. The van der Waals surface area contributed by atoms with E-state index in [0.29, 0.717) is 45.2 Å². The molecule has 28 heavy (non-hydrogen) atoms. The minimum Gasteiger partial charge on any atom is -0.497 e. The number of H-pyrrole nitrogens is 1. The summed E-state index contributed by atoms with van der Waals surface area (Å²) in [5, 5.41) is 0. The first-order valence-corrected chi connectivity index (χ1v) is 9.45. The van der Waals surface area contributed by atoms with E-state index in [1.807, 2.05) is 18.2 Å². The van der Waals surface area contributed by atoms with Crippen LogP contribution in [0, 0.1) is 0 Å². The zero-order chi connectivity index (χ0) is 19.5. The molecule has 2 aromatic carbocycles. The van der Waals surface area contributed by atoms with E-state index in [-0.39, 0.29) is 11.3 Å². The third-order valence-corrected chi connectivity index (χ3v) is 5.14. The van der Waals surface area contributed by atoms with Crippen molar-refractivity contribution in [2.24, 2.45) is 0 Å². The zero-order valence-corrected chi connectivity index (χ0v) is 15.9. The lowest BCUT2D eigenvalue weighted by Crippen LogP contribution is -2.20. The second-order valence-electron chi connectivity index (χ2n) is 6.07. The molecule has 0 spiro atoms. The van der Waals surface area contributed by atoms with Gasteiger partial charge in [0.15, 0.2) is 17.3 Å². The number of hydrogen-bond acceptors (Lipinski definition) is 6. The average molecular weight is 395 g/mol. The van der Waals surface area contributed by atoms with Gasteiger partial charge in [0.25, 0.3) is 5.56 Å². The van der Waals surface area contributed by atoms with Gasteiger partial charge >= 0.3 is 0 Å². The summed E-state index contributed by atoms with van der Waals surface area (Å²) in [7, 11) is 1.57. The fourth-order valence-electron chi connectivity index (χ4n) is 2.78. The summed E-state index contributed by atoms with van der Waals surface area (Å²) in [5.41, 5.74) is 1.10. The Morgan fingerprint density at radius 3 is 2.61 bits per heavy atom. The first kappa shape index (κ1) is 18.1. The topological polar surface area (TPSA) is 77.6 Å². The van der Waals surface area contributed by atoms with Crippen molar-refractivity contribution < 1.29 is 19.0 Å². The number of rotatable bonds is 4. The molecule has 7 heteroatoms. The highest BCUT2D eigenvalue weighted by Crippen LogP contribution is 2.30. The summed E-state index contributed by atoms with van der Waals surface area (Å²) >= 11 is 1.23. The molecule has 1 aliphatic heterocycles. The van der Waals surface area contributed by atoms with Gasteiger partial charge in [0, 0.05) is 11.6 Å². The fourth-order valence-corrected chi connectivity index (χ4v) is 3.67. The third kappa shape index (κ3) is 3.84. The number of Topliss-reactive ketones (excluding diaryl/α,β-unsaturated/α-hetero) is 1. The number of methoxy groups -OCH3 is 1. The van der Waals surface area contributed by atoms with Crippen molar-refractivity contribution in [3.8, 4) is 17.2 Å². The molecular formula is C21H17NO5S. The molecule has 1 aliphatic rings. The number of carbonyl (C=O) groups excluding carboxylic acids is 1. The Kier molecular flexibility index (Phi) is 4.99. The predicted octanol–water partition coefficient (Wildman–Crippen LogP) is 1.71. The molecule has 3 aromatic rings. The molecule has 0 amide bonds. The van der Waals surface area contributed by atoms with E-state index in [0.717, 1.165) is 5.56 Å². The van der Waals surface area contributed by atoms with Crippen LogP contribution in [-0.2, 0) is 0 Å². The van der Waals surface area contributed by atoms with Crippen molar-refractivity contribution in [2.75, 3.05) is 20.3 Å². The molecule has 0 fully saturated rings.